The molecule has 0 saturated carbocycles. The minimum atomic E-state index is -0.222. The first-order valence-corrected chi connectivity index (χ1v) is 8.98. The van der Waals surface area contributed by atoms with Crippen molar-refractivity contribution in [1.82, 2.24) is 4.98 Å². The van der Waals surface area contributed by atoms with E-state index in [0.717, 1.165) is 23.4 Å². The summed E-state index contributed by atoms with van der Waals surface area (Å²) in [5.74, 6) is -0.485. The highest BCUT2D eigenvalue weighted by Crippen LogP contribution is 2.33. The van der Waals surface area contributed by atoms with Gasteiger partial charge < -0.3 is 4.74 Å². The maximum Gasteiger partial charge on any atom is 0.309 e. The number of carbonyl (C=O) groups is 2. The highest BCUT2D eigenvalue weighted by atomic mass is 35.5. The van der Waals surface area contributed by atoms with Crippen molar-refractivity contribution < 1.29 is 14.3 Å². The number of aryl methyl sites for hydroxylation is 1. The molecule has 3 rings (SSSR count). The van der Waals surface area contributed by atoms with Gasteiger partial charge in [-0.25, -0.2) is 4.98 Å². The van der Waals surface area contributed by atoms with E-state index >= 15 is 0 Å². The number of fused-ring (bicyclic) bond motifs is 1. The molecule has 24 heavy (non-hydrogen) atoms. The van der Waals surface area contributed by atoms with Crippen LogP contribution in [0.15, 0.2) is 24.3 Å². The molecule has 1 amide bonds. The molecule has 1 aliphatic carbocycles. The Hall–Kier alpha value is -1.92. The molecule has 0 bridgehead atoms. The summed E-state index contributed by atoms with van der Waals surface area (Å²) in [6.45, 7) is 2.20. The molecule has 7 heteroatoms. The number of nitrogens with one attached hydrogen (secondary N) is 1. The predicted molar refractivity (Wildman–Crippen MR) is 93.7 cm³/mol. The Balaban J connectivity index is 1.68. The topological polar surface area (TPSA) is 68.3 Å². The Morgan fingerprint density at radius 1 is 1.38 bits per heavy atom. The van der Waals surface area contributed by atoms with Crippen LogP contribution in [0.5, 0.6) is 0 Å². The second-order valence-electron chi connectivity index (χ2n) is 5.54. The summed E-state index contributed by atoms with van der Waals surface area (Å²) in [6.07, 6.45) is 2.09. The van der Waals surface area contributed by atoms with Gasteiger partial charge in [-0.2, -0.15) is 0 Å². The Morgan fingerprint density at radius 3 is 2.83 bits per heavy atom. The van der Waals surface area contributed by atoms with Crippen LogP contribution in [0.1, 0.15) is 34.3 Å². The number of hydrogen-bond donors (Lipinski definition) is 1. The SMILES string of the molecule is CCOC(=O)C1CCc2nc(NC(=O)c3ccc(Cl)cc3)sc2C1. The van der Waals surface area contributed by atoms with Gasteiger partial charge in [0, 0.05) is 15.5 Å². The zero-order valence-corrected chi connectivity index (χ0v) is 14.7. The standard InChI is InChI=1S/C17H17ClN2O3S/c1-2-23-16(22)11-5-8-13-14(9-11)24-17(19-13)20-15(21)10-3-6-12(18)7-4-10/h3-4,6-7,11H,2,5,8-9H2,1H3,(H,19,20,21). The van der Waals surface area contributed by atoms with Crippen molar-refractivity contribution in [3.05, 3.63) is 45.4 Å². The molecular formula is C17H17ClN2O3S. The molecule has 0 saturated heterocycles. The van der Waals surface area contributed by atoms with Gasteiger partial charge in [-0.05, 0) is 50.5 Å². The number of thiazole rings is 1. The minimum absolute atomic E-state index is 0.113. The molecule has 1 aromatic heterocycles. The normalized spacial score (nSPS) is 16.3. The van der Waals surface area contributed by atoms with Crippen LogP contribution in [0.4, 0.5) is 5.13 Å². The molecular weight excluding hydrogens is 348 g/mol. The summed E-state index contributed by atoms with van der Waals surface area (Å²) >= 11 is 7.25. The van der Waals surface area contributed by atoms with E-state index in [1.165, 1.54) is 11.3 Å². The van der Waals surface area contributed by atoms with E-state index in [0.29, 0.717) is 28.7 Å². The predicted octanol–water partition coefficient (Wildman–Crippen LogP) is 3.72. The molecule has 1 heterocycles. The van der Waals surface area contributed by atoms with Gasteiger partial charge in [-0.15, -0.1) is 11.3 Å². The second kappa shape index (κ2) is 7.32. The van der Waals surface area contributed by atoms with Crippen LogP contribution in [-0.2, 0) is 22.4 Å². The van der Waals surface area contributed by atoms with Crippen molar-refractivity contribution >= 4 is 39.9 Å². The highest BCUT2D eigenvalue weighted by Gasteiger charge is 2.28. The van der Waals surface area contributed by atoms with Crippen LogP contribution in [0.25, 0.3) is 0 Å². The summed E-state index contributed by atoms with van der Waals surface area (Å²) in [7, 11) is 0. The van der Waals surface area contributed by atoms with Crippen molar-refractivity contribution in [1.29, 1.82) is 0 Å². The number of esters is 1. The summed E-state index contributed by atoms with van der Waals surface area (Å²) in [4.78, 5) is 29.6. The molecule has 1 N–H and O–H groups in total. The molecule has 0 spiro atoms. The molecule has 0 fully saturated rings. The Morgan fingerprint density at radius 2 is 2.12 bits per heavy atom. The second-order valence-corrected chi connectivity index (χ2v) is 7.06. The van der Waals surface area contributed by atoms with Gasteiger partial charge in [0.1, 0.15) is 0 Å². The minimum Gasteiger partial charge on any atom is -0.466 e. The average Bonchev–Trinajstić information content (AvgIpc) is 2.96. The van der Waals surface area contributed by atoms with Crippen LogP contribution >= 0.6 is 22.9 Å². The number of hydrogen-bond acceptors (Lipinski definition) is 5. The Bertz CT molecular complexity index is 758. The molecule has 2 aromatic rings. The molecule has 1 aliphatic rings. The van der Waals surface area contributed by atoms with E-state index < -0.39 is 0 Å². The number of anilines is 1. The number of aromatic nitrogens is 1. The van der Waals surface area contributed by atoms with E-state index in [1.807, 2.05) is 6.92 Å². The first-order valence-electron chi connectivity index (χ1n) is 7.79. The molecule has 0 aliphatic heterocycles. The molecule has 0 radical (unpaired) electrons. The van der Waals surface area contributed by atoms with Gasteiger partial charge in [0.05, 0.1) is 18.2 Å². The summed E-state index contributed by atoms with van der Waals surface area (Å²) in [5, 5.41) is 3.96. The van der Waals surface area contributed by atoms with Crippen LogP contribution in [0.3, 0.4) is 0 Å². The Labute approximate surface area is 149 Å². The van der Waals surface area contributed by atoms with Crippen molar-refractivity contribution in [2.24, 2.45) is 5.92 Å². The third-order valence-electron chi connectivity index (χ3n) is 3.89. The quantitative estimate of drug-likeness (QED) is 0.839. The molecule has 1 unspecified atom stereocenters. The van der Waals surface area contributed by atoms with Crippen LogP contribution < -0.4 is 5.32 Å². The highest BCUT2D eigenvalue weighted by molar-refractivity contribution is 7.15. The lowest BCUT2D eigenvalue weighted by Gasteiger charge is -2.18. The van der Waals surface area contributed by atoms with Crippen LogP contribution in [0, 0.1) is 5.92 Å². The van der Waals surface area contributed by atoms with Gasteiger partial charge in [0.25, 0.3) is 5.91 Å². The average molecular weight is 365 g/mol. The number of halogens is 1. The van der Waals surface area contributed by atoms with Gasteiger partial charge in [0.15, 0.2) is 5.13 Å². The lowest BCUT2D eigenvalue weighted by atomic mass is 9.91. The van der Waals surface area contributed by atoms with Gasteiger partial charge in [-0.3, -0.25) is 14.9 Å². The fourth-order valence-corrected chi connectivity index (χ4v) is 3.87. The lowest BCUT2D eigenvalue weighted by molar-refractivity contribution is -0.148. The summed E-state index contributed by atoms with van der Waals surface area (Å²) in [6, 6.07) is 6.69. The summed E-state index contributed by atoms with van der Waals surface area (Å²) in [5.41, 5.74) is 1.49. The van der Waals surface area contributed by atoms with Crippen molar-refractivity contribution in [2.45, 2.75) is 26.2 Å². The largest absolute Gasteiger partial charge is 0.466 e. The lowest BCUT2D eigenvalue weighted by Crippen LogP contribution is -2.24. The van der Waals surface area contributed by atoms with E-state index in [1.54, 1.807) is 24.3 Å². The van der Waals surface area contributed by atoms with Crippen LogP contribution in [-0.4, -0.2) is 23.5 Å². The number of carbonyl (C=O) groups excluding carboxylic acids is 2. The Kier molecular flexibility index (Phi) is 5.16. The third-order valence-corrected chi connectivity index (χ3v) is 5.17. The zero-order valence-electron chi connectivity index (χ0n) is 13.2. The van der Waals surface area contributed by atoms with Crippen molar-refractivity contribution in [3.8, 4) is 0 Å². The van der Waals surface area contributed by atoms with E-state index in [-0.39, 0.29) is 17.8 Å². The maximum absolute atomic E-state index is 12.2. The fourth-order valence-electron chi connectivity index (χ4n) is 2.66. The fraction of sp³-hybridized carbons (Fsp3) is 0.353. The first-order chi connectivity index (χ1) is 11.6. The third kappa shape index (κ3) is 3.76. The van der Waals surface area contributed by atoms with E-state index in [2.05, 4.69) is 10.3 Å². The van der Waals surface area contributed by atoms with Gasteiger partial charge in [0.2, 0.25) is 0 Å². The van der Waals surface area contributed by atoms with E-state index in [9.17, 15) is 9.59 Å². The van der Waals surface area contributed by atoms with Gasteiger partial charge >= 0.3 is 5.97 Å². The summed E-state index contributed by atoms with van der Waals surface area (Å²) < 4.78 is 5.10. The number of benzene rings is 1. The molecule has 126 valence electrons. The molecule has 1 atom stereocenters. The maximum atomic E-state index is 12.2. The van der Waals surface area contributed by atoms with Gasteiger partial charge in [-0.1, -0.05) is 11.6 Å². The zero-order chi connectivity index (χ0) is 17.1. The van der Waals surface area contributed by atoms with E-state index in [4.69, 9.17) is 16.3 Å². The molecule has 5 nitrogen and oxygen atoms in total. The first kappa shape index (κ1) is 16.9. The smallest absolute Gasteiger partial charge is 0.309 e. The number of amides is 1. The number of ether oxygens (including phenoxy) is 1. The van der Waals surface area contributed by atoms with Crippen molar-refractivity contribution in [3.63, 3.8) is 0 Å². The number of nitrogens with zero attached hydrogens (tertiary/aromatic N) is 1. The van der Waals surface area contributed by atoms with Crippen LogP contribution in [0.2, 0.25) is 5.02 Å². The van der Waals surface area contributed by atoms with Crippen molar-refractivity contribution in [2.75, 3.05) is 11.9 Å². The monoisotopic (exact) mass is 364 g/mol. The number of rotatable bonds is 4. The molecule has 1 aromatic carbocycles.